The van der Waals surface area contributed by atoms with Crippen LogP contribution >= 0.6 is 0 Å². The molecule has 0 saturated carbocycles. The van der Waals surface area contributed by atoms with Crippen LogP contribution in [0.5, 0.6) is 0 Å². The average molecular weight is 180 g/mol. The summed E-state index contributed by atoms with van der Waals surface area (Å²) in [6, 6.07) is 3.66. The van der Waals surface area contributed by atoms with Gasteiger partial charge in [-0.05, 0) is 26.0 Å². The Morgan fingerprint density at radius 3 is 2.62 bits per heavy atom. The molecule has 0 aliphatic heterocycles. The molecule has 4 heteroatoms. The minimum atomic E-state index is -0.192. The zero-order valence-corrected chi connectivity index (χ0v) is 7.92. The number of hydrogen-bond acceptors (Lipinski definition) is 3. The second kappa shape index (κ2) is 3.89. The Morgan fingerprint density at radius 1 is 1.46 bits per heavy atom. The van der Waals surface area contributed by atoms with Gasteiger partial charge in [0.25, 0.3) is 0 Å². The van der Waals surface area contributed by atoms with E-state index < -0.39 is 0 Å². The Labute approximate surface area is 76.6 Å². The monoisotopic (exact) mass is 180 g/mol. The van der Waals surface area contributed by atoms with Crippen LogP contribution in [0.25, 0.3) is 0 Å². The van der Waals surface area contributed by atoms with Crippen molar-refractivity contribution >= 4 is 11.6 Å². The first-order valence-corrected chi connectivity index (χ1v) is 3.97. The number of hydrogen-bond donors (Lipinski definition) is 1. The molecule has 1 heterocycles. The molecule has 0 bridgehead atoms. The van der Waals surface area contributed by atoms with Gasteiger partial charge in [-0.3, -0.25) is 4.79 Å². The van der Waals surface area contributed by atoms with Crippen molar-refractivity contribution in [2.45, 2.75) is 20.8 Å². The number of carbonyl (C=O) groups is 1. The van der Waals surface area contributed by atoms with E-state index in [0.29, 0.717) is 11.5 Å². The van der Waals surface area contributed by atoms with E-state index >= 15 is 0 Å². The molecule has 70 valence electrons. The van der Waals surface area contributed by atoms with Crippen molar-refractivity contribution in [1.82, 2.24) is 5.43 Å². The first-order valence-electron chi connectivity index (χ1n) is 3.97. The quantitative estimate of drug-likeness (QED) is 0.553. The molecule has 0 atom stereocenters. The van der Waals surface area contributed by atoms with Gasteiger partial charge in [-0.15, -0.1) is 0 Å². The van der Waals surface area contributed by atoms with Crippen molar-refractivity contribution in [3.8, 4) is 0 Å². The van der Waals surface area contributed by atoms with E-state index in [1.54, 1.807) is 6.92 Å². The number of furan rings is 1. The second-order valence-corrected chi connectivity index (χ2v) is 2.78. The van der Waals surface area contributed by atoms with Gasteiger partial charge in [-0.1, -0.05) is 0 Å². The molecule has 13 heavy (non-hydrogen) atoms. The number of hydrazone groups is 1. The first kappa shape index (κ1) is 9.51. The summed E-state index contributed by atoms with van der Waals surface area (Å²) in [7, 11) is 0. The molecule has 0 spiro atoms. The lowest BCUT2D eigenvalue weighted by Gasteiger charge is -1.95. The second-order valence-electron chi connectivity index (χ2n) is 2.78. The molecule has 0 radical (unpaired) electrons. The van der Waals surface area contributed by atoms with Gasteiger partial charge in [0.2, 0.25) is 5.91 Å². The SMILES string of the molecule is CC(=O)NN=C(C)c1ccc(C)o1. The smallest absolute Gasteiger partial charge is 0.236 e. The fraction of sp³-hybridized carbons (Fsp3) is 0.333. The van der Waals surface area contributed by atoms with Gasteiger partial charge in [0.05, 0.1) is 0 Å². The molecule has 1 N–H and O–H groups in total. The molecule has 1 aromatic heterocycles. The van der Waals surface area contributed by atoms with Crippen LogP contribution in [0.4, 0.5) is 0 Å². The molecule has 4 nitrogen and oxygen atoms in total. The van der Waals surface area contributed by atoms with Crippen molar-refractivity contribution in [2.75, 3.05) is 0 Å². The molecule has 0 unspecified atom stereocenters. The highest BCUT2D eigenvalue weighted by molar-refractivity contribution is 5.96. The van der Waals surface area contributed by atoms with Crippen LogP contribution in [0, 0.1) is 6.92 Å². The van der Waals surface area contributed by atoms with Gasteiger partial charge < -0.3 is 4.42 Å². The lowest BCUT2D eigenvalue weighted by atomic mass is 10.3. The van der Waals surface area contributed by atoms with Gasteiger partial charge in [0, 0.05) is 6.92 Å². The number of nitrogens with one attached hydrogen (secondary N) is 1. The summed E-state index contributed by atoms with van der Waals surface area (Å²) in [4.78, 5) is 10.5. The number of rotatable bonds is 2. The Hall–Kier alpha value is -1.58. The Kier molecular flexibility index (Phi) is 2.84. The van der Waals surface area contributed by atoms with Crippen molar-refractivity contribution in [3.05, 3.63) is 23.7 Å². The molecule has 0 aromatic carbocycles. The third-order valence-corrected chi connectivity index (χ3v) is 1.48. The van der Waals surface area contributed by atoms with E-state index in [0.717, 1.165) is 5.76 Å². The number of aryl methyl sites for hydroxylation is 1. The number of carbonyl (C=O) groups excluding carboxylic acids is 1. The third kappa shape index (κ3) is 2.74. The van der Waals surface area contributed by atoms with Crippen LogP contribution in [-0.4, -0.2) is 11.6 Å². The van der Waals surface area contributed by atoms with E-state index in [9.17, 15) is 4.79 Å². The van der Waals surface area contributed by atoms with E-state index in [1.807, 2.05) is 19.1 Å². The topological polar surface area (TPSA) is 54.6 Å². The highest BCUT2D eigenvalue weighted by Crippen LogP contribution is 2.06. The van der Waals surface area contributed by atoms with E-state index in [-0.39, 0.29) is 5.91 Å². The molecule has 0 aliphatic carbocycles. The van der Waals surface area contributed by atoms with Crippen LogP contribution in [0.15, 0.2) is 21.7 Å². The maximum atomic E-state index is 10.5. The van der Waals surface area contributed by atoms with Gasteiger partial charge in [0.15, 0.2) is 0 Å². The molecule has 0 saturated heterocycles. The van der Waals surface area contributed by atoms with E-state index in [4.69, 9.17) is 4.42 Å². The van der Waals surface area contributed by atoms with Crippen LogP contribution in [-0.2, 0) is 4.79 Å². The predicted molar refractivity (Wildman–Crippen MR) is 49.5 cm³/mol. The van der Waals surface area contributed by atoms with Gasteiger partial charge in [-0.2, -0.15) is 5.10 Å². The summed E-state index contributed by atoms with van der Waals surface area (Å²) in [5, 5.41) is 3.83. The lowest BCUT2D eigenvalue weighted by molar-refractivity contribution is -0.118. The van der Waals surface area contributed by atoms with Crippen LogP contribution in [0.3, 0.4) is 0 Å². The molecule has 1 amide bonds. The summed E-state index contributed by atoms with van der Waals surface area (Å²) >= 11 is 0. The number of nitrogens with zero attached hydrogens (tertiary/aromatic N) is 1. The molecule has 0 fully saturated rings. The summed E-state index contributed by atoms with van der Waals surface area (Å²) in [5.74, 6) is 1.31. The summed E-state index contributed by atoms with van der Waals surface area (Å²) in [5.41, 5.74) is 3.00. The highest BCUT2D eigenvalue weighted by atomic mass is 16.3. The zero-order valence-electron chi connectivity index (χ0n) is 7.92. The molecule has 1 aromatic rings. The zero-order chi connectivity index (χ0) is 9.84. The maximum absolute atomic E-state index is 10.5. The Morgan fingerprint density at radius 2 is 2.15 bits per heavy atom. The van der Waals surface area contributed by atoms with E-state index in [1.165, 1.54) is 6.92 Å². The molecule has 1 rings (SSSR count). The minimum absolute atomic E-state index is 0.192. The molecular formula is C9H12N2O2. The van der Waals surface area contributed by atoms with Crippen LogP contribution < -0.4 is 5.43 Å². The lowest BCUT2D eigenvalue weighted by Crippen LogP contribution is -2.14. The average Bonchev–Trinajstić information content (AvgIpc) is 2.47. The van der Waals surface area contributed by atoms with Crippen molar-refractivity contribution in [3.63, 3.8) is 0 Å². The summed E-state index contributed by atoms with van der Waals surface area (Å²) < 4.78 is 5.30. The fourth-order valence-corrected chi connectivity index (χ4v) is 0.847. The molecular weight excluding hydrogens is 168 g/mol. The van der Waals surface area contributed by atoms with E-state index in [2.05, 4.69) is 10.5 Å². The number of amides is 1. The van der Waals surface area contributed by atoms with Crippen molar-refractivity contribution in [2.24, 2.45) is 5.10 Å². The highest BCUT2D eigenvalue weighted by Gasteiger charge is 2.01. The standard InChI is InChI=1S/C9H12N2O2/c1-6-4-5-9(13-6)7(2)10-11-8(3)12/h4-5H,1-3H3,(H,11,12). The van der Waals surface area contributed by atoms with Crippen molar-refractivity contribution < 1.29 is 9.21 Å². The van der Waals surface area contributed by atoms with Gasteiger partial charge >= 0.3 is 0 Å². The van der Waals surface area contributed by atoms with Gasteiger partial charge in [-0.25, -0.2) is 5.43 Å². The maximum Gasteiger partial charge on any atom is 0.236 e. The normalized spacial score (nSPS) is 11.5. The van der Waals surface area contributed by atoms with Gasteiger partial charge in [0.1, 0.15) is 17.2 Å². The summed E-state index contributed by atoms with van der Waals surface area (Å²) in [6.07, 6.45) is 0. The Balaban J connectivity index is 2.72. The predicted octanol–water partition coefficient (Wildman–Crippen LogP) is 1.45. The Bertz CT molecular complexity index is 339. The minimum Gasteiger partial charge on any atom is -0.460 e. The van der Waals surface area contributed by atoms with Crippen LogP contribution in [0.1, 0.15) is 25.4 Å². The van der Waals surface area contributed by atoms with Crippen molar-refractivity contribution in [1.29, 1.82) is 0 Å². The summed E-state index contributed by atoms with van der Waals surface area (Å²) in [6.45, 7) is 5.04. The molecule has 0 aliphatic rings. The third-order valence-electron chi connectivity index (χ3n) is 1.48. The van der Waals surface area contributed by atoms with Crippen LogP contribution in [0.2, 0.25) is 0 Å². The largest absolute Gasteiger partial charge is 0.460 e. The first-order chi connectivity index (χ1) is 6.09. The fourth-order valence-electron chi connectivity index (χ4n) is 0.847.